The van der Waals surface area contributed by atoms with E-state index < -0.39 is 0 Å². The fourth-order valence-electron chi connectivity index (χ4n) is 0.738. The monoisotopic (exact) mass is 200 g/mol. The Hall–Kier alpha value is -0.900. The summed E-state index contributed by atoms with van der Waals surface area (Å²) >= 11 is 0. The lowest BCUT2D eigenvalue weighted by molar-refractivity contribution is 0.156. The van der Waals surface area contributed by atoms with Crippen LogP contribution in [0.25, 0.3) is 0 Å². The minimum atomic E-state index is -0.0843. The summed E-state index contributed by atoms with van der Waals surface area (Å²) < 4.78 is 10.2. The molecule has 1 aromatic rings. The van der Waals surface area contributed by atoms with Crippen molar-refractivity contribution in [2.45, 2.75) is 46.6 Å². The van der Waals surface area contributed by atoms with Crippen LogP contribution in [0.5, 0.6) is 0 Å². The van der Waals surface area contributed by atoms with E-state index in [0.29, 0.717) is 18.4 Å². The summed E-state index contributed by atoms with van der Waals surface area (Å²) in [6.45, 7) is 10.5. The van der Waals surface area contributed by atoms with Crippen LogP contribution in [0, 0.1) is 0 Å². The fourth-order valence-corrected chi connectivity index (χ4v) is 0.738. The lowest BCUT2D eigenvalue weighted by Crippen LogP contribution is -2.11. The van der Waals surface area contributed by atoms with E-state index in [2.05, 4.69) is 10.2 Å². The molecule has 0 radical (unpaired) electrons. The first-order valence-electron chi connectivity index (χ1n) is 4.86. The van der Waals surface area contributed by atoms with Crippen LogP contribution in [0.2, 0.25) is 0 Å². The van der Waals surface area contributed by atoms with Gasteiger partial charge in [-0.1, -0.05) is 34.6 Å². The van der Waals surface area contributed by atoms with Crippen molar-refractivity contribution in [3.63, 3.8) is 0 Å². The number of rotatable bonds is 2. The SMILES string of the molecule is CC.COCc1nnc(C(C)(C)C)o1. The highest BCUT2D eigenvalue weighted by molar-refractivity contribution is 4.95. The topological polar surface area (TPSA) is 48.2 Å². The summed E-state index contributed by atoms with van der Waals surface area (Å²) in [6.07, 6.45) is 0. The molecule has 0 saturated heterocycles. The van der Waals surface area contributed by atoms with Crippen molar-refractivity contribution in [1.82, 2.24) is 10.2 Å². The molecule has 1 heterocycles. The van der Waals surface area contributed by atoms with Crippen LogP contribution < -0.4 is 0 Å². The van der Waals surface area contributed by atoms with E-state index in [4.69, 9.17) is 9.15 Å². The summed E-state index contributed by atoms with van der Waals surface area (Å²) in [6, 6.07) is 0. The summed E-state index contributed by atoms with van der Waals surface area (Å²) in [5, 5.41) is 7.74. The van der Waals surface area contributed by atoms with E-state index in [-0.39, 0.29) is 5.41 Å². The lowest BCUT2D eigenvalue weighted by Gasteiger charge is -2.10. The Balaban J connectivity index is 0.000000791. The molecule has 0 aliphatic heterocycles. The number of methoxy groups -OCH3 is 1. The fraction of sp³-hybridized carbons (Fsp3) is 0.800. The zero-order chi connectivity index (χ0) is 11.2. The molecule has 1 rings (SSSR count). The molecule has 0 atom stereocenters. The Morgan fingerprint density at radius 2 is 1.79 bits per heavy atom. The number of nitrogens with zero attached hydrogens (tertiary/aromatic N) is 2. The van der Waals surface area contributed by atoms with E-state index in [9.17, 15) is 0 Å². The van der Waals surface area contributed by atoms with E-state index in [0.717, 1.165) is 0 Å². The van der Waals surface area contributed by atoms with Gasteiger partial charge in [0, 0.05) is 12.5 Å². The summed E-state index contributed by atoms with van der Waals surface area (Å²) in [7, 11) is 1.60. The largest absolute Gasteiger partial charge is 0.422 e. The molecule has 0 fully saturated rings. The molecule has 4 heteroatoms. The molecule has 0 saturated carbocycles. The third kappa shape index (κ3) is 3.87. The Kier molecular flexibility index (Phi) is 5.38. The third-order valence-corrected chi connectivity index (χ3v) is 1.38. The highest BCUT2D eigenvalue weighted by atomic mass is 16.5. The summed E-state index contributed by atoms with van der Waals surface area (Å²) in [4.78, 5) is 0. The lowest BCUT2D eigenvalue weighted by atomic mass is 9.97. The minimum Gasteiger partial charge on any atom is -0.422 e. The van der Waals surface area contributed by atoms with Crippen molar-refractivity contribution in [1.29, 1.82) is 0 Å². The van der Waals surface area contributed by atoms with Crippen LogP contribution in [0.1, 0.15) is 46.4 Å². The Labute approximate surface area is 85.7 Å². The van der Waals surface area contributed by atoms with E-state index >= 15 is 0 Å². The van der Waals surface area contributed by atoms with E-state index in [1.807, 2.05) is 34.6 Å². The van der Waals surface area contributed by atoms with Crippen LogP contribution in [0.4, 0.5) is 0 Å². The molecule has 0 unspecified atom stereocenters. The van der Waals surface area contributed by atoms with Crippen molar-refractivity contribution in [3.8, 4) is 0 Å². The first-order valence-corrected chi connectivity index (χ1v) is 4.86. The maximum absolute atomic E-state index is 5.34. The maximum atomic E-state index is 5.34. The van der Waals surface area contributed by atoms with Gasteiger partial charge in [-0.3, -0.25) is 0 Å². The van der Waals surface area contributed by atoms with Crippen LogP contribution in [0.15, 0.2) is 4.42 Å². The predicted octanol–water partition coefficient (Wildman–Crippen LogP) is 2.54. The molecule has 4 nitrogen and oxygen atoms in total. The van der Waals surface area contributed by atoms with Crippen LogP contribution in [-0.4, -0.2) is 17.3 Å². The number of aromatic nitrogens is 2. The molecule has 14 heavy (non-hydrogen) atoms. The second-order valence-corrected chi connectivity index (χ2v) is 3.68. The van der Waals surface area contributed by atoms with Crippen molar-refractivity contribution in [2.75, 3.05) is 7.11 Å². The highest BCUT2D eigenvalue weighted by Gasteiger charge is 2.20. The molecular weight excluding hydrogens is 180 g/mol. The van der Waals surface area contributed by atoms with E-state index in [1.165, 1.54) is 0 Å². The second kappa shape index (κ2) is 5.75. The van der Waals surface area contributed by atoms with Crippen LogP contribution in [-0.2, 0) is 16.8 Å². The molecule has 0 aliphatic rings. The van der Waals surface area contributed by atoms with Gasteiger partial charge in [0.2, 0.25) is 11.8 Å². The van der Waals surface area contributed by atoms with Crippen molar-refractivity contribution >= 4 is 0 Å². The van der Waals surface area contributed by atoms with Gasteiger partial charge in [-0.15, -0.1) is 10.2 Å². The smallest absolute Gasteiger partial charge is 0.242 e. The molecular formula is C10H20N2O2. The van der Waals surface area contributed by atoms with Gasteiger partial charge in [0.25, 0.3) is 0 Å². The first kappa shape index (κ1) is 13.1. The van der Waals surface area contributed by atoms with Gasteiger partial charge in [-0.05, 0) is 0 Å². The van der Waals surface area contributed by atoms with Gasteiger partial charge >= 0.3 is 0 Å². The number of ether oxygens (including phenoxy) is 1. The van der Waals surface area contributed by atoms with Gasteiger partial charge in [0.05, 0.1) is 0 Å². The Bertz CT molecular complexity index is 251. The zero-order valence-electron chi connectivity index (χ0n) is 9.92. The van der Waals surface area contributed by atoms with Gasteiger partial charge in [-0.2, -0.15) is 0 Å². The third-order valence-electron chi connectivity index (χ3n) is 1.38. The Morgan fingerprint density at radius 1 is 1.21 bits per heavy atom. The molecule has 0 aliphatic carbocycles. The van der Waals surface area contributed by atoms with Gasteiger partial charge in [-0.25, -0.2) is 0 Å². The first-order chi connectivity index (χ1) is 6.54. The molecule has 0 spiro atoms. The van der Waals surface area contributed by atoms with Crippen molar-refractivity contribution in [3.05, 3.63) is 11.8 Å². The van der Waals surface area contributed by atoms with Gasteiger partial charge < -0.3 is 9.15 Å². The molecule has 82 valence electrons. The molecule has 0 N–H and O–H groups in total. The second-order valence-electron chi connectivity index (χ2n) is 3.68. The summed E-state index contributed by atoms with van der Waals surface area (Å²) in [5.74, 6) is 1.18. The summed E-state index contributed by atoms with van der Waals surface area (Å²) in [5.41, 5.74) is -0.0843. The van der Waals surface area contributed by atoms with E-state index in [1.54, 1.807) is 7.11 Å². The maximum Gasteiger partial charge on any atom is 0.242 e. The van der Waals surface area contributed by atoms with Crippen LogP contribution in [0.3, 0.4) is 0 Å². The van der Waals surface area contributed by atoms with Gasteiger partial charge in [0.15, 0.2) is 0 Å². The zero-order valence-corrected chi connectivity index (χ0v) is 9.92. The Morgan fingerprint density at radius 3 is 2.14 bits per heavy atom. The van der Waals surface area contributed by atoms with Crippen molar-refractivity contribution in [2.24, 2.45) is 0 Å². The average molecular weight is 200 g/mol. The standard InChI is InChI=1S/C8H14N2O2.C2H6/c1-8(2,3)7-10-9-6(12-7)5-11-4;1-2/h5H2,1-4H3;1-2H3. The normalized spacial score (nSPS) is 10.7. The number of hydrogen-bond donors (Lipinski definition) is 0. The molecule has 1 aromatic heterocycles. The highest BCUT2D eigenvalue weighted by Crippen LogP contribution is 2.20. The molecule has 0 aromatic carbocycles. The molecule has 0 amide bonds. The van der Waals surface area contributed by atoms with Gasteiger partial charge in [0.1, 0.15) is 6.61 Å². The predicted molar refractivity (Wildman–Crippen MR) is 55.1 cm³/mol. The average Bonchev–Trinajstić information content (AvgIpc) is 2.56. The number of hydrogen-bond acceptors (Lipinski definition) is 4. The minimum absolute atomic E-state index is 0.0843. The quantitative estimate of drug-likeness (QED) is 0.736. The molecule has 0 bridgehead atoms. The van der Waals surface area contributed by atoms with Crippen molar-refractivity contribution < 1.29 is 9.15 Å². The van der Waals surface area contributed by atoms with Crippen LogP contribution >= 0.6 is 0 Å².